The summed E-state index contributed by atoms with van der Waals surface area (Å²) >= 11 is 0. The van der Waals surface area contributed by atoms with Crippen LogP contribution in [-0.2, 0) is 0 Å². The lowest BCUT2D eigenvalue weighted by atomic mass is 10.1. The number of aromatic nitrogens is 2. The zero-order valence-corrected chi connectivity index (χ0v) is 11.9. The Morgan fingerprint density at radius 3 is 2.79 bits per heavy atom. The van der Waals surface area contributed by atoms with E-state index in [1.54, 1.807) is 0 Å². The van der Waals surface area contributed by atoms with Crippen molar-refractivity contribution in [3.05, 3.63) is 18.1 Å². The lowest BCUT2D eigenvalue weighted by Gasteiger charge is -2.33. The van der Waals surface area contributed by atoms with Crippen molar-refractivity contribution in [3.8, 4) is 0 Å². The Hall–Kier alpha value is -1.16. The maximum absolute atomic E-state index is 4.59. The normalized spacial score (nSPS) is 24.9. The van der Waals surface area contributed by atoms with Crippen molar-refractivity contribution >= 4 is 5.82 Å². The van der Waals surface area contributed by atoms with Crippen LogP contribution in [0.3, 0.4) is 0 Å². The number of hydrogen-bond acceptors (Lipinski definition) is 4. The second-order valence-electron chi connectivity index (χ2n) is 5.81. The highest BCUT2D eigenvalue weighted by atomic mass is 15.3. The van der Waals surface area contributed by atoms with E-state index in [4.69, 9.17) is 0 Å². The number of anilines is 1. The van der Waals surface area contributed by atoms with Crippen LogP contribution >= 0.6 is 0 Å². The molecule has 1 unspecified atom stereocenters. The van der Waals surface area contributed by atoms with E-state index >= 15 is 0 Å². The first-order valence-electron chi connectivity index (χ1n) is 7.61. The third-order valence-electron chi connectivity index (χ3n) is 4.35. The van der Waals surface area contributed by atoms with Gasteiger partial charge >= 0.3 is 0 Å². The summed E-state index contributed by atoms with van der Waals surface area (Å²) in [6.45, 7) is 6.90. The van der Waals surface area contributed by atoms with Crippen LogP contribution in [0.5, 0.6) is 0 Å². The molecule has 0 amide bonds. The molecule has 1 aromatic rings. The maximum atomic E-state index is 4.59. The Morgan fingerprint density at radius 1 is 1.16 bits per heavy atom. The molecule has 0 saturated carbocycles. The van der Waals surface area contributed by atoms with Crippen LogP contribution in [0, 0.1) is 6.92 Å². The van der Waals surface area contributed by atoms with Crippen LogP contribution in [0.25, 0.3) is 0 Å². The van der Waals surface area contributed by atoms with Gasteiger partial charge in [0, 0.05) is 25.3 Å². The van der Waals surface area contributed by atoms with Crippen LogP contribution < -0.4 is 4.90 Å². The molecular formula is C15H24N4. The maximum Gasteiger partial charge on any atom is 0.132 e. The van der Waals surface area contributed by atoms with Crippen LogP contribution in [0.15, 0.2) is 12.3 Å². The molecule has 104 valence electrons. The van der Waals surface area contributed by atoms with E-state index in [-0.39, 0.29) is 0 Å². The van der Waals surface area contributed by atoms with E-state index < -0.39 is 0 Å². The number of piperidine rings is 1. The Labute approximate surface area is 115 Å². The van der Waals surface area contributed by atoms with Gasteiger partial charge < -0.3 is 9.80 Å². The summed E-state index contributed by atoms with van der Waals surface area (Å²) in [5.41, 5.74) is 0. The average Bonchev–Trinajstić information content (AvgIpc) is 2.88. The minimum absolute atomic E-state index is 0.646. The molecule has 3 heterocycles. The molecule has 1 atom stereocenters. The summed E-state index contributed by atoms with van der Waals surface area (Å²) in [6.07, 6.45) is 8.64. The van der Waals surface area contributed by atoms with Gasteiger partial charge in [-0.25, -0.2) is 9.97 Å². The molecular weight excluding hydrogens is 236 g/mol. The summed E-state index contributed by atoms with van der Waals surface area (Å²) in [4.78, 5) is 13.9. The molecule has 0 aliphatic carbocycles. The third kappa shape index (κ3) is 3.06. The first-order valence-corrected chi connectivity index (χ1v) is 7.61. The van der Waals surface area contributed by atoms with Crippen molar-refractivity contribution in [2.75, 3.05) is 31.1 Å². The van der Waals surface area contributed by atoms with E-state index in [2.05, 4.69) is 25.8 Å². The van der Waals surface area contributed by atoms with Gasteiger partial charge in [-0.3, -0.25) is 0 Å². The number of nitrogens with zero attached hydrogens (tertiary/aromatic N) is 4. The van der Waals surface area contributed by atoms with Gasteiger partial charge in [0.2, 0.25) is 0 Å². The smallest absolute Gasteiger partial charge is 0.132 e. The molecule has 4 heteroatoms. The van der Waals surface area contributed by atoms with Gasteiger partial charge in [-0.2, -0.15) is 0 Å². The van der Waals surface area contributed by atoms with Gasteiger partial charge in [0.05, 0.1) is 0 Å². The zero-order chi connectivity index (χ0) is 13.1. The summed E-state index contributed by atoms with van der Waals surface area (Å²) < 4.78 is 0. The zero-order valence-electron chi connectivity index (χ0n) is 11.9. The first-order chi connectivity index (χ1) is 9.33. The van der Waals surface area contributed by atoms with Crippen molar-refractivity contribution < 1.29 is 0 Å². The molecule has 2 aliphatic heterocycles. The van der Waals surface area contributed by atoms with Gasteiger partial charge in [0.15, 0.2) is 0 Å². The summed E-state index contributed by atoms with van der Waals surface area (Å²) in [5, 5.41) is 0. The quantitative estimate of drug-likeness (QED) is 0.834. The fourth-order valence-corrected chi connectivity index (χ4v) is 3.37. The van der Waals surface area contributed by atoms with E-state index in [1.165, 1.54) is 51.7 Å². The molecule has 0 N–H and O–H groups in total. The predicted octanol–water partition coefficient (Wildman–Crippen LogP) is 2.24. The molecule has 3 rings (SSSR count). The molecule has 0 spiro atoms. The molecule has 4 nitrogen and oxygen atoms in total. The van der Waals surface area contributed by atoms with Crippen molar-refractivity contribution in [1.29, 1.82) is 0 Å². The molecule has 0 radical (unpaired) electrons. The molecule has 2 saturated heterocycles. The third-order valence-corrected chi connectivity index (χ3v) is 4.35. The number of aryl methyl sites for hydroxylation is 1. The van der Waals surface area contributed by atoms with Crippen LogP contribution in [-0.4, -0.2) is 47.1 Å². The Morgan fingerprint density at radius 2 is 2.00 bits per heavy atom. The van der Waals surface area contributed by atoms with Crippen molar-refractivity contribution in [2.24, 2.45) is 0 Å². The molecule has 2 aliphatic rings. The largest absolute Gasteiger partial charge is 0.352 e. The lowest BCUT2D eigenvalue weighted by Crippen LogP contribution is -2.42. The molecule has 0 aromatic carbocycles. The summed E-state index contributed by atoms with van der Waals surface area (Å²) in [5.74, 6) is 1.99. The SMILES string of the molecule is Cc1nccc(N2CCCC2CN2CCCCC2)n1. The van der Waals surface area contributed by atoms with Crippen molar-refractivity contribution in [2.45, 2.75) is 45.1 Å². The fourth-order valence-electron chi connectivity index (χ4n) is 3.37. The van der Waals surface area contributed by atoms with Gasteiger partial charge in [-0.15, -0.1) is 0 Å². The Kier molecular flexibility index (Phi) is 3.97. The standard InChI is InChI=1S/C15H24N4/c1-13-16-8-7-15(17-13)19-11-5-6-14(19)12-18-9-3-2-4-10-18/h7-8,14H,2-6,9-12H2,1H3. The molecule has 0 bridgehead atoms. The number of rotatable bonds is 3. The second-order valence-corrected chi connectivity index (χ2v) is 5.81. The van der Waals surface area contributed by atoms with Crippen molar-refractivity contribution in [3.63, 3.8) is 0 Å². The fraction of sp³-hybridized carbons (Fsp3) is 0.733. The lowest BCUT2D eigenvalue weighted by molar-refractivity contribution is 0.216. The Balaban J connectivity index is 1.67. The molecule has 2 fully saturated rings. The molecule has 1 aromatic heterocycles. The van der Waals surface area contributed by atoms with E-state index in [0.29, 0.717) is 6.04 Å². The highest BCUT2D eigenvalue weighted by Gasteiger charge is 2.27. The highest BCUT2D eigenvalue weighted by molar-refractivity contribution is 5.40. The van der Waals surface area contributed by atoms with Crippen molar-refractivity contribution in [1.82, 2.24) is 14.9 Å². The van der Waals surface area contributed by atoms with Gasteiger partial charge in [0.1, 0.15) is 11.6 Å². The van der Waals surface area contributed by atoms with Crippen LogP contribution in [0.1, 0.15) is 37.9 Å². The van der Waals surface area contributed by atoms with Gasteiger partial charge in [0.25, 0.3) is 0 Å². The van der Waals surface area contributed by atoms with Gasteiger partial charge in [-0.1, -0.05) is 6.42 Å². The number of likely N-dealkylation sites (tertiary alicyclic amines) is 1. The minimum atomic E-state index is 0.646. The first kappa shape index (κ1) is 12.9. The monoisotopic (exact) mass is 260 g/mol. The van der Waals surface area contributed by atoms with Crippen LogP contribution in [0.4, 0.5) is 5.82 Å². The predicted molar refractivity (Wildman–Crippen MR) is 77.4 cm³/mol. The average molecular weight is 260 g/mol. The second kappa shape index (κ2) is 5.87. The summed E-state index contributed by atoms with van der Waals surface area (Å²) in [7, 11) is 0. The summed E-state index contributed by atoms with van der Waals surface area (Å²) in [6, 6.07) is 2.70. The minimum Gasteiger partial charge on any atom is -0.352 e. The van der Waals surface area contributed by atoms with Crippen LogP contribution in [0.2, 0.25) is 0 Å². The van der Waals surface area contributed by atoms with Gasteiger partial charge in [-0.05, 0) is 51.8 Å². The topological polar surface area (TPSA) is 32.3 Å². The van der Waals surface area contributed by atoms with E-state index in [1.807, 2.05) is 13.1 Å². The molecule has 19 heavy (non-hydrogen) atoms. The number of hydrogen-bond donors (Lipinski definition) is 0. The van der Waals surface area contributed by atoms with E-state index in [9.17, 15) is 0 Å². The Bertz CT molecular complexity index is 414. The highest BCUT2D eigenvalue weighted by Crippen LogP contribution is 2.25. The van der Waals surface area contributed by atoms with E-state index in [0.717, 1.165) is 18.2 Å².